The maximum atomic E-state index is 12.2. The van der Waals surface area contributed by atoms with Crippen molar-refractivity contribution in [1.29, 1.82) is 0 Å². The smallest absolute Gasteiger partial charge is 0.328 e. The molecule has 1 aromatic heterocycles. The molecule has 1 amide bonds. The van der Waals surface area contributed by atoms with E-state index in [1.807, 2.05) is 6.92 Å². The van der Waals surface area contributed by atoms with Crippen LogP contribution in [0.1, 0.15) is 37.0 Å². The highest BCUT2D eigenvalue weighted by Crippen LogP contribution is 2.10. The Bertz CT molecular complexity index is 897. The summed E-state index contributed by atoms with van der Waals surface area (Å²) in [4.78, 5) is 49.9. The molecule has 0 saturated carbocycles. The number of hydrogen-bond acceptors (Lipinski definition) is 4. The number of H-pyrrole nitrogens is 1. The third-order valence-corrected chi connectivity index (χ3v) is 3.74. The van der Waals surface area contributed by atoms with Gasteiger partial charge in [0, 0.05) is 12.1 Å². The van der Waals surface area contributed by atoms with Gasteiger partial charge < -0.3 is 15.4 Å². The lowest BCUT2D eigenvalue weighted by atomic mass is 10.1. The molecule has 0 spiro atoms. The predicted molar refractivity (Wildman–Crippen MR) is 88.3 cm³/mol. The molecule has 24 heavy (non-hydrogen) atoms. The summed E-state index contributed by atoms with van der Waals surface area (Å²) in [6, 6.07) is 3.27. The van der Waals surface area contributed by atoms with Crippen LogP contribution in [0.2, 0.25) is 0 Å². The van der Waals surface area contributed by atoms with Gasteiger partial charge >= 0.3 is 11.7 Å². The number of carbonyl (C=O) groups excluding carboxylic acids is 1. The average molecular weight is 333 g/mol. The SMILES string of the molecule is CCCC(NC(=O)c1ccc2c(=O)n(CC)c(=O)[nH]c2c1)C(=O)O. The number of amides is 1. The number of nitrogens with zero attached hydrogens (tertiary/aromatic N) is 1. The zero-order chi connectivity index (χ0) is 17.9. The monoisotopic (exact) mass is 333 g/mol. The number of aromatic amines is 1. The van der Waals surface area contributed by atoms with Crippen molar-refractivity contribution in [1.82, 2.24) is 14.9 Å². The van der Waals surface area contributed by atoms with Crippen molar-refractivity contribution >= 4 is 22.8 Å². The Labute approximate surface area is 137 Å². The summed E-state index contributed by atoms with van der Waals surface area (Å²) in [5.41, 5.74) is -0.571. The number of carbonyl (C=O) groups is 2. The zero-order valence-corrected chi connectivity index (χ0v) is 13.5. The Morgan fingerprint density at radius 1 is 1.29 bits per heavy atom. The van der Waals surface area contributed by atoms with Gasteiger partial charge in [-0.3, -0.25) is 14.2 Å². The molecule has 0 fully saturated rings. The van der Waals surface area contributed by atoms with Gasteiger partial charge in [-0.2, -0.15) is 0 Å². The summed E-state index contributed by atoms with van der Waals surface area (Å²) in [6.45, 7) is 3.75. The predicted octanol–water partition coefficient (Wildman–Crippen LogP) is 0.693. The van der Waals surface area contributed by atoms with E-state index in [9.17, 15) is 19.2 Å². The maximum absolute atomic E-state index is 12.2. The van der Waals surface area contributed by atoms with Crippen LogP contribution in [0.15, 0.2) is 27.8 Å². The molecular weight excluding hydrogens is 314 g/mol. The van der Waals surface area contributed by atoms with Crippen LogP contribution in [-0.2, 0) is 11.3 Å². The molecule has 8 heteroatoms. The number of aromatic nitrogens is 2. The fourth-order valence-corrected chi connectivity index (χ4v) is 2.47. The summed E-state index contributed by atoms with van der Waals surface area (Å²) >= 11 is 0. The molecule has 0 bridgehead atoms. The first-order valence-electron chi connectivity index (χ1n) is 7.69. The summed E-state index contributed by atoms with van der Waals surface area (Å²) in [5.74, 6) is -1.68. The lowest BCUT2D eigenvalue weighted by Gasteiger charge is -2.13. The van der Waals surface area contributed by atoms with E-state index in [0.717, 1.165) is 4.57 Å². The lowest BCUT2D eigenvalue weighted by Crippen LogP contribution is -2.40. The number of aliphatic carboxylic acids is 1. The van der Waals surface area contributed by atoms with Gasteiger partial charge in [-0.05, 0) is 31.5 Å². The standard InChI is InChI=1S/C16H19N3O5/c1-3-5-11(15(22)23)17-13(20)9-6-7-10-12(8-9)18-16(24)19(4-2)14(10)21/h6-8,11H,3-5H2,1-2H3,(H,17,20)(H,18,24)(H,22,23). The van der Waals surface area contributed by atoms with E-state index in [2.05, 4.69) is 10.3 Å². The first-order chi connectivity index (χ1) is 11.4. The second-order valence-corrected chi connectivity index (χ2v) is 5.39. The lowest BCUT2D eigenvalue weighted by molar-refractivity contribution is -0.139. The van der Waals surface area contributed by atoms with Gasteiger partial charge in [-0.15, -0.1) is 0 Å². The Balaban J connectivity index is 2.40. The highest BCUT2D eigenvalue weighted by molar-refractivity contribution is 5.99. The minimum absolute atomic E-state index is 0.175. The van der Waals surface area contributed by atoms with Crippen molar-refractivity contribution < 1.29 is 14.7 Å². The number of hydrogen-bond donors (Lipinski definition) is 3. The molecule has 2 rings (SSSR count). The molecule has 0 aliphatic rings. The minimum atomic E-state index is -1.11. The molecule has 1 heterocycles. The number of carboxylic acids is 1. The van der Waals surface area contributed by atoms with E-state index in [0.29, 0.717) is 12.8 Å². The van der Waals surface area contributed by atoms with Crippen LogP contribution in [0.5, 0.6) is 0 Å². The van der Waals surface area contributed by atoms with Gasteiger partial charge in [0.1, 0.15) is 6.04 Å². The summed E-state index contributed by atoms with van der Waals surface area (Å²) < 4.78 is 1.06. The van der Waals surface area contributed by atoms with E-state index in [1.165, 1.54) is 18.2 Å². The van der Waals surface area contributed by atoms with Gasteiger partial charge in [-0.1, -0.05) is 13.3 Å². The Morgan fingerprint density at radius 2 is 2.00 bits per heavy atom. The van der Waals surface area contributed by atoms with Gasteiger partial charge in [-0.25, -0.2) is 9.59 Å². The van der Waals surface area contributed by atoms with Gasteiger partial charge in [0.2, 0.25) is 0 Å². The van der Waals surface area contributed by atoms with Crippen molar-refractivity contribution in [2.75, 3.05) is 0 Å². The molecule has 1 aromatic carbocycles. The topological polar surface area (TPSA) is 121 Å². The first kappa shape index (κ1) is 17.5. The number of carboxylic acid groups (broad SMARTS) is 1. The number of fused-ring (bicyclic) bond motifs is 1. The molecule has 0 aliphatic carbocycles. The fourth-order valence-electron chi connectivity index (χ4n) is 2.47. The van der Waals surface area contributed by atoms with E-state index in [-0.39, 0.29) is 23.0 Å². The molecule has 3 N–H and O–H groups in total. The molecule has 128 valence electrons. The third-order valence-electron chi connectivity index (χ3n) is 3.74. The quantitative estimate of drug-likeness (QED) is 0.718. The largest absolute Gasteiger partial charge is 0.480 e. The summed E-state index contributed by atoms with van der Waals surface area (Å²) in [5, 5.41) is 11.8. The summed E-state index contributed by atoms with van der Waals surface area (Å²) in [6.07, 6.45) is 0.922. The minimum Gasteiger partial charge on any atom is -0.480 e. The molecule has 0 saturated heterocycles. The number of rotatable bonds is 6. The molecular formula is C16H19N3O5. The molecule has 1 unspecified atom stereocenters. The van der Waals surface area contributed by atoms with Crippen LogP contribution in [0.4, 0.5) is 0 Å². The number of benzene rings is 1. The van der Waals surface area contributed by atoms with Crippen molar-refractivity contribution in [3.8, 4) is 0 Å². The average Bonchev–Trinajstić information content (AvgIpc) is 2.54. The highest BCUT2D eigenvalue weighted by Gasteiger charge is 2.20. The second-order valence-electron chi connectivity index (χ2n) is 5.39. The van der Waals surface area contributed by atoms with Crippen LogP contribution < -0.4 is 16.6 Å². The van der Waals surface area contributed by atoms with E-state index in [4.69, 9.17) is 5.11 Å². The maximum Gasteiger partial charge on any atom is 0.328 e. The Hall–Kier alpha value is -2.90. The third kappa shape index (κ3) is 3.37. The normalized spacial score (nSPS) is 12.1. The van der Waals surface area contributed by atoms with Crippen LogP contribution in [0.3, 0.4) is 0 Å². The molecule has 2 aromatic rings. The van der Waals surface area contributed by atoms with E-state index >= 15 is 0 Å². The van der Waals surface area contributed by atoms with Crippen molar-refractivity contribution in [3.05, 3.63) is 44.6 Å². The van der Waals surface area contributed by atoms with Crippen LogP contribution >= 0.6 is 0 Å². The van der Waals surface area contributed by atoms with Crippen LogP contribution in [0.25, 0.3) is 10.9 Å². The van der Waals surface area contributed by atoms with Gasteiger partial charge in [0.15, 0.2) is 0 Å². The second kappa shape index (κ2) is 7.12. The van der Waals surface area contributed by atoms with Crippen molar-refractivity contribution in [2.24, 2.45) is 0 Å². The molecule has 1 atom stereocenters. The summed E-state index contributed by atoms with van der Waals surface area (Å²) in [7, 11) is 0. The molecule has 0 radical (unpaired) electrons. The first-order valence-corrected chi connectivity index (χ1v) is 7.69. The van der Waals surface area contributed by atoms with Crippen molar-refractivity contribution in [2.45, 2.75) is 39.3 Å². The fraction of sp³-hybridized carbons (Fsp3) is 0.375. The van der Waals surface area contributed by atoms with E-state index < -0.39 is 29.2 Å². The van der Waals surface area contributed by atoms with Crippen molar-refractivity contribution in [3.63, 3.8) is 0 Å². The molecule has 0 aliphatic heterocycles. The van der Waals surface area contributed by atoms with Gasteiger partial charge in [0.05, 0.1) is 10.9 Å². The Kier molecular flexibility index (Phi) is 5.18. The Morgan fingerprint density at radius 3 is 2.58 bits per heavy atom. The van der Waals surface area contributed by atoms with E-state index in [1.54, 1.807) is 6.92 Å². The van der Waals surface area contributed by atoms with Crippen LogP contribution in [-0.4, -0.2) is 32.6 Å². The zero-order valence-electron chi connectivity index (χ0n) is 13.5. The molecule has 8 nitrogen and oxygen atoms in total. The number of nitrogens with one attached hydrogen (secondary N) is 2. The van der Waals surface area contributed by atoms with Crippen LogP contribution in [0, 0.1) is 0 Å². The highest BCUT2D eigenvalue weighted by atomic mass is 16.4. The van der Waals surface area contributed by atoms with Gasteiger partial charge in [0.25, 0.3) is 11.5 Å².